The van der Waals surface area contributed by atoms with Crippen LogP contribution in [0.25, 0.3) is 0 Å². The van der Waals surface area contributed by atoms with Crippen LogP contribution < -0.4 is 0 Å². The molecule has 0 unspecified atom stereocenters. The maximum Gasteiger partial charge on any atom is 0.349 e. The molecule has 0 saturated carbocycles. The second kappa shape index (κ2) is 7.09. The van der Waals surface area contributed by atoms with Gasteiger partial charge >= 0.3 is 5.97 Å². The van der Waals surface area contributed by atoms with E-state index in [0.29, 0.717) is 22.1 Å². The van der Waals surface area contributed by atoms with Crippen molar-refractivity contribution in [2.75, 3.05) is 12.9 Å². The lowest BCUT2D eigenvalue weighted by Crippen LogP contribution is -1.96. The Kier molecular flexibility index (Phi) is 5.73. The van der Waals surface area contributed by atoms with Gasteiger partial charge in [-0.3, -0.25) is 4.79 Å². The van der Waals surface area contributed by atoms with Crippen molar-refractivity contribution in [1.29, 1.82) is 0 Å². The molecular formula is C11H11NO3S2. The van der Waals surface area contributed by atoms with Crippen molar-refractivity contribution in [3.8, 4) is 11.8 Å². The van der Waals surface area contributed by atoms with E-state index in [1.165, 1.54) is 43.3 Å². The van der Waals surface area contributed by atoms with Crippen LogP contribution in [0.15, 0.2) is 6.20 Å². The fraction of sp³-hybridized carbons (Fsp3) is 0.364. The van der Waals surface area contributed by atoms with E-state index in [4.69, 9.17) is 0 Å². The maximum absolute atomic E-state index is 11.1. The van der Waals surface area contributed by atoms with Gasteiger partial charge in [-0.25, -0.2) is 9.78 Å². The fourth-order valence-electron chi connectivity index (χ4n) is 0.911. The highest BCUT2D eigenvalue weighted by atomic mass is 32.2. The quantitative estimate of drug-likeness (QED) is 0.477. The van der Waals surface area contributed by atoms with Gasteiger partial charge in [-0.15, -0.1) is 0 Å². The molecule has 0 aromatic carbocycles. The molecule has 1 rings (SSSR count). The number of methoxy groups -OCH3 is 1. The van der Waals surface area contributed by atoms with Gasteiger partial charge in [0.2, 0.25) is 0 Å². The number of nitrogens with zero attached hydrogens (tertiary/aromatic N) is 1. The summed E-state index contributed by atoms with van der Waals surface area (Å²) in [6.07, 6.45) is 2.07. The van der Waals surface area contributed by atoms with E-state index in [1.54, 1.807) is 0 Å². The Labute approximate surface area is 108 Å². The molecule has 1 aromatic rings. The molecule has 0 N–H and O–H groups in total. The van der Waals surface area contributed by atoms with Crippen LogP contribution in [0.4, 0.5) is 0 Å². The third kappa shape index (κ3) is 5.02. The zero-order chi connectivity index (χ0) is 12.7. The Balaban J connectivity index is 2.46. The van der Waals surface area contributed by atoms with Crippen molar-refractivity contribution in [2.45, 2.75) is 13.3 Å². The number of thioether (sulfide) groups is 1. The highest BCUT2D eigenvalue weighted by molar-refractivity contribution is 8.13. The third-order valence-electron chi connectivity index (χ3n) is 1.62. The molecule has 0 aliphatic carbocycles. The molecule has 17 heavy (non-hydrogen) atoms. The van der Waals surface area contributed by atoms with Gasteiger partial charge in [0.05, 0.1) is 13.3 Å². The molecule has 0 fully saturated rings. The van der Waals surface area contributed by atoms with Gasteiger partial charge in [0.25, 0.3) is 0 Å². The topological polar surface area (TPSA) is 56.3 Å². The molecule has 0 aliphatic heterocycles. The average molecular weight is 269 g/mol. The summed E-state index contributed by atoms with van der Waals surface area (Å²) in [7, 11) is 1.33. The van der Waals surface area contributed by atoms with Crippen LogP contribution in [-0.4, -0.2) is 28.9 Å². The summed E-state index contributed by atoms with van der Waals surface area (Å²) in [5.74, 6) is 6.02. The number of thiazole rings is 1. The van der Waals surface area contributed by atoms with E-state index in [0.717, 1.165) is 0 Å². The van der Waals surface area contributed by atoms with Crippen LogP contribution in [0.1, 0.15) is 28.0 Å². The van der Waals surface area contributed by atoms with Gasteiger partial charge in [0.15, 0.2) is 10.1 Å². The highest BCUT2D eigenvalue weighted by Crippen LogP contribution is 2.12. The number of hydrogen-bond acceptors (Lipinski definition) is 6. The third-order valence-corrected chi connectivity index (χ3v) is 3.33. The summed E-state index contributed by atoms with van der Waals surface area (Å²) in [6, 6.07) is 0. The van der Waals surface area contributed by atoms with Gasteiger partial charge in [-0.1, -0.05) is 29.0 Å². The summed E-state index contributed by atoms with van der Waals surface area (Å²) >= 11 is 2.44. The average Bonchev–Trinajstić information content (AvgIpc) is 2.76. The SMILES string of the molecule is COC(=O)c1cnc(C#CCCSC(C)=O)s1. The van der Waals surface area contributed by atoms with Crippen molar-refractivity contribution in [2.24, 2.45) is 0 Å². The number of carbonyl (C=O) groups is 2. The molecule has 6 heteroatoms. The minimum Gasteiger partial charge on any atom is -0.465 e. The largest absolute Gasteiger partial charge is 0.465 e. The highest BCUT2D eigenvalue weighted by Gasteiger charge is 2.08. The van der Waals surface area contributed by atoms with Gasteiger partial charge in [0, 0.05) is 19.1 Å². The molecule has 1 aromatic heterocycles. The zero-order valence-corrected chi connectivity index (χ0v) is 11.1. The molecule has 0 bridgehead atoms. The van der Waals surface area contributed by atoms with Crippen molar-refractivity contribution in [1.82, 2.24) is 4.98 Å². The molecule has 0 spiro atoms. The summed E-state index contributed by atoms with van der Waals surface area (Å²) in [5, 5.41) is 0.673. The minimum absolute atomic E-state index is 0.0917. The minimum atomic E-state index is -0.400. The van der Waals surface area contributed by atoms with Crippen LogP contribution in [0.3, 0.4) is 0 Å². The predicted octanol–water partition coefficient (Wildman–Crippen LogP) is 1.95. The number of ether oxygens (including phenoxy) is 1. The van der Waals surface area contributed by atoms with E-state index < -0.39 is 5.97 Å². The van der Waals surface area contributed by atoms with E-state index in [9.17, 15) is 9.59 Å². The van der Waals surface area contributed by atoms with Crippen LogP contribution >= 0.6 is 23.1 Å². The van der Waals surface area contributed by atoms with Gasteiger partial charge < -0.3 is 4.74 Å². The van der Waals surface area contributed by atoms with Crippen molar-refractivity contribution in [3.63, 3.8) is 0 Å². The molecule has 0 aliphatic rings. The first-order valence-electron chi connectivity index (χ1n) is 4.80. The van der Waals surface area contributed by atoms with Crippen molar-refractivity contribution in [3.05, 3.63) is 16.1 Å². The second-order valence-electron chi connectivity index (χ2n) is 2.91. The lowest BCUT2D eigenvalue weighted by molar-refractivity contribution is -0.109. The van der Waals surface area contributed by atoms with E-state index in [1.807, 2.05) is 0 Å². The zero-order valence-electron chi connectivity index (χ0n) is 9.48. The molecule has 0 amide bonds. The summed E-state index contributed by atoms with van der Waals surface area (Å²) < 4.78 is 4.56. The van der Waals surface area contributed by atoms with E-state index >= 15 is 0 Å². The Bertz CT molecular complexity index is 471. The normalized spacial score (nSPS) is 9.29. The first-order chi connectivity index (χ1) is 8.13. The Morgan fingerprint density at radius 3 is 3.00 bits per heavy atom. The first kappa shape index (κ1) is 13.7. The lowest BCUT2D eigenvalue weighted by atomic mass is 10.5. The van der Waals surface area contributed by atoms with Crippen molar-refractivity contribution < 1.29 is 14.3 Å². The van der Waals surface area contributed by atoms with Crippen LogP contribution in [0.2, 0.25) is 0 Å². The lowest BCUT2D eigenvalue weighted by Gasteiger charge is -1.89. The molecule has 0 saturated heterocycles. The summed E-state index contributed by atoms with van der Waals surface area (Å²) in [4.78, 5) is 26.2. The molecule has 90 valence electrons. The van der Waals surface area contributed by atoms with Gasteiger partial charge in [0.1, 0.15) is 4.88 Å². The van der Waals surface area contributed by atoms with Crippen LogP contribution in [0, 0.1) is 11.8 Å². The number of carbonyl (C=O) groups excluding carboxylic acids is 2. The van der Waals surface area contributed by atoms with Crippen LogP contribution in [0.5, 0.6) is 0 Å². The predicted molar refractivity (Wildman–Crippen MR) is 68.1 cm³/mol. The number of esters is 1. The molecule has 4 nitrogen and oxygen atoms in total. The van der Waals surface area contributed by atoms with Crippen LogP contribution in [-0.2, 0) is 9.53 Å². The number of hydrogen-bond donors (Lipinski definition) is 0. The molecular weight excluding hydrogens is 258 g/mol. The Morgan fingerprint density at radius 1 is 1.59 bits per heavy atom. The monoisotopic (exact) mass is 269 g/mol. The Morgan fingerprint density at radius 2 is 2.35 bits per heavy atom. The second-order valence-corrected chi connectivity index (χ2v) is 5.22. The summed E-state index contributed by atoms with van der Waals surface area (Å²) in [5.41, 5.74) is 0. The maximum atomic E-state index is 11.1. The van der Waals surface area contributed by atoms with Gasteiger partial charge in [-0.2, -0.15) is 0 Å². The summed E-state index contributed by atoms with van der Waals surface area (Å²) in [6.45, 7) is 1.53. The van der Waals surface area contributed by atoms with E-state index in [-0.39, 0.29) is 5.12 Å². The first-order valence-corrected chi connectivity index (χ1v) is 6.60. The Hall–Kier alpha value is -1.32. The smallest absolute Gasteiger partial charge is 0.349 e. The molecule has 1 heterocycles. The van der Waals surface area contributed by atoms with E-state index in [2.05, 4.69) is 21.6 Å². The van der Waals surface area contributed by atoms with Crippen molar-refractivity contribution >= 4 is 34.2 Å². The van der Waals surface area contributed by atoms with Gasteiger partial charge in [-0.05, 0) is 5.92 Å². The molecule has 0 atom stereocenters. The number of rotatable bonds is 3. The fourth-order valence-corrected chi connectivity index (χ4v) is 2.11. The standard InChI is InChI=1S/C11H11NO3S2/c1-8(13)16-6-4-3-5-10-12-7-9(17-10)11(14)15-2/h7H,4,6H2,1-2H3. The molecule has 0 radical (unpaired) electrons. The number of aromatic nitrogens is 1.